The van der Waals surface area contributed by atoms with Crippen molar-refractivity contribution in [2.24, 2.45) is 5.92 Å². The van der Waals surface area contributed by atoms with Gasteiger partial charge in [0.1, 0.15) is 5.75 Å². The van der Waals surface area contributed by atoms with Crippen molar-refractivity contribution in [2.75, 3.05) is 19.0 Å². The molecule has 1 fully saturated rings. The predicted molar refractivity (Wildman–Crippen MR) is 110 cm³/mol. The third-order valence-corrected chi connectivity index (χ3v) is 5.83. The molecule has 0 aromatic heterocycles. The molecule has 1 N–H and O–H groups in total. The maximum Gasteiger partial charge on any atom is 0.121 e. The summed E-state index contributed by atoms with van der Waals surface area (Å²) in [4.78, 5) is 0. The molecule has 1 aliphatic carbocycles. The normalized spacial score (nSPS) is 20.6. The lowest BCUT2D eigenvalue weighted by molar-refractivity contribution is 0.338. The van der Waals surface area contributed by atoms with E-state index in [0.29, 0.717) is 5.92 Å². The van der Waals surface area contributed by atoms with Crippen LogP contribution >= 0.6 is 22.6 Å². The van der Waals surface area contributed by atoms with Gasteiger partial charge in [0.15, 0.2) is 0 Å². The molecule has 2 aromatic rings. The van der Waals surface area contributed by atoms with Gasteiger partial charge in [-0.25, -0.2) is 0 Å². The summed E-state index contributed by atoms with van der Waals surface area (Å²) in [5.41, 5.74) is 3.98. The van der Waals surface area contributed by atoms with E-state index in [1.807, 2.05) is 0 Å². The summed E-state index contributed by atoms with van der Waals surface area (Å²) >= 11 is 2.37. The maximum atomic E-state index is 5.38. The second-order valence-electron chi connectivity index (χ2n) is 6.84. The first-order valence-electron chi connectivity index (χ1n) is 8.79. The Labute approximate surface area is 159 Å². The van der Waals surface area contributed by atoms with Gasteiger partial charge in [-0.05, 0) is 102 Å². The van der Waals surface area contributed by atoms with Gasteiger partial charge in [0.25, 0.3) is 0 Å². The van der Waals surface area contributed by atoms with Gasteiger partial charge in [0.05, 0.1) is 7.11 Å². The molecule has 2 aromatic carbocycles. The van der Waals surface area contributed by atoms with Gasteiger partial charge in [-0.3, -0.25) is 0 Å². The minimum absolute atomic E-state index is 0.712. The summed E-state index contributed by atoms with van der Waals surface area (Å²) in [7, 11) is 1.74. The zero-order valence-corrected chi connectivity index (χ0v) is 16.7. The van der Waals surface area contributed by atoms with Crippen LogP contribution in [0, 0.1) is 16.4 Å². The number of hydrogen-bond acceptors (Lipinski definition) is 2. The van der Waals surface area contributed by atoms with Crippen LogP contribution in [0.4, 0.5) is 5.69 Å². The van der Waals surface area contributed by atoms with Gasteiger partial charge in [-0.1, -0.05) is 18.2 Å². The van der Waals surface area contributed by atoms with Gasteiger partial charge >= 0.3 is 0 Å². The Morgan fingerprint density at radius 1 is 1.08 bits per heavy atom. The Morgan fingerprint density at radius 2 is 1.88 bits per heavy atom. The molecule has 3 rings (SSSR count). The Morgan fingerprint density at radius 3 is 2.54 bits per heavy atom. The van der Waals surface area contributed by atoms with E-state index in [2.05, 4.69) is 77.3 Å². The van der Waals surface area contributed by atoms with Crippen LogP contribution in [0.25, 0.3) is 0 Å². The third kappa shape index (κ3) is 4.44. The largest absolute Gasteiger partial charge is 0.496 e. The number of halogens is 1. The standard InChI is InChI=1S/C21H26INO/c1-15-12-18(10-11-21(15)24-2)17-8-6-16(7-9-17)14-23-20-5-3-4-19(22)13-20/h3-5,10-13,16-17,23H,6-9,14H2,1-2H3. The van der Waals surface area contributed by atoms with Crippen molar-refractivity contribution in [2.45, 2.75) is 38.5 Å². The topological polar surface area (TPSA) is 21.3 Å². The molecule has 0 radical (unpaired) electrons. The molecular formula is C21H26INO. The third-order valence-electron chi connectivity index (χ3n) is 5.16. The summed E-state index contributed by atoms with van der Waals surface area (Å²) < 4.78 is 6.67. The maximum absolute atomic E-state index is 5.38. The molecule has 0 bridgehead atoms. The van der Waals surface area contributed by atoms with Crippen LogP contribution in [0.5, 0.6) is 5.75 Å². The predicted octanol–water partition coefficient (Wildman–Crippen LogP) is 5.99. The molecule has 0 saturated heterocycles. The van der Waals surface area contributed by atoms with E-state index in [1.165, 1.54) is 46.1 Å². The summed E-state index contributed by atoms with van der Waals surface area (Å²) in [5.74, 6) is 2.50. The number of hydrogen-bond donors (Lipinski definition) is 1. The Kier molecular flexibility index (Phi) is 6.04. The number of methoxy groups -OCH3 is 1. The van der Waals surface area contributed by atoms with Gasteiger partial charge in [0.2, 0.25) is 0 Å². The van der Waals surface area contributed by atoms with Gasteiger partial charge in [0, 0.05) is 15.8 Å². The highest BCUT2D eigenvalue weighted by Crippen LogP contribution is 2.37. The van der Waals surface area contributed by atoms with Crippen molar-refractivity contribution >= 4 is 28.3 Å². The van der Waals surface area contributed by atoms with E-state index in [1.54, 1.807) is 7.11 Å². The van der Waals surface area contributed by atoms with E-state index >= 15 is 0 Å². The Balaban J connectivity index is 1.51. The van der Waals surface area contributed by atoms with Crippen LogP contribution in [0.3, 0.4) is 0 Å². The number of anilines is 1. The minimum Gasteiger partial charge on any atom is -0.496 e. The van der Waals surface area contributed by atoms with E-state index in [0.717, 1.165) is 18.2 Å². The molecule has 3 heteroatoms. The first-order valence-corrected chi connectivity index (χ1v) is 9.87. The molecule has 0 atom stereocenters. The van der Waals surface area contributed by atoms with Crippen LogP contribution in [0.1, 0.15) is 42.7 Å². The van der Waals surface area contributed by atoms with Crippen LogP contribution in [0.2, 0.25) is 0 Å². The molecule has 1 aliphatic rings. The van der Waals surface area contributed by atoms with Crippen molar-refractivity contribution < 1.29 is 4.74 Å². The molecule has 24 heavy (non-hydrogen) atoms. The average Bonchev–Trinajstić information content (AvgIpc) is 2.60. The smallest absolute Gasteiger partial charge is 0.121 e. The second-order valence-corrected chi connectivity index (χ2v) is 8.08. The average molecular weight is 435 g/mol. The highest BCUT2D eigenvalue weighted by atomic mass is 127. The van der Waals surface area contributed by atoms with Crippen molar-refractivity contribution in [3.8, 4) is 5.75 Å². The van der Waals surface area contributed by atoms with Gasteiger partial charge in [-0.15, -0.1) is 0 Å². The summed E-state index contributed by atoms with van der Waals surface area (Å²) in [6, 6.07) is 15.3. The van der Waals surface area contributed by atoms with Crippen molar-refractivity contribution in [1.29, 1.82) is 0 Å². The second kappa shape index (κ2) is 8.24. The van der Waals surface area contributed by atoms with E-state index < -0.39 is 0 Å². The number of rotatable bonds is 5. The van der Waals surface area contributed by atoms with Crippen molar-refractivity contribution in [1.82, 2.24) is 0 Å². The SMILES string of the molecule is COc1ccc(C2CCC(CNc3cccc(I)c3)CC2)cc1C. The number of ether oxygens (including phenoxy) is 1. The molecule has 128 valence electrons. The fourth-order valence-corrected chi connectivity index (χ4v) is 4.26. The summed E-state index contributed by atoms with van der Waals surface area (Å²) in [6.07, 6.45) is 5.22. The van der Waals surface area contributed by atoms with Crippen LogP contribution in [-0.4, -0.2) is 13.7 Å². The highest BCUT2D eigenvalue weighted by molar-refractivity contribution is 14.1. The fraction of sp³-hybridized carbons (Fsp3) is 0.429. The first-order chi connectivity index (χ1) is 11.7. The molecule has 0 heterocycles. The molecule has 0 aliphatic heterocycles. The zero-order chi connectivity index (χ0) is 16.9. The van der Waals surface area contributed by atoms with Crippen LogP contribution in [0.15, 0.2) is 42.5 Å². The molecule has 0 unspecified atom stereocenters. The van der Waals surface area contributed by atoms with E-state index in [4.69, 9.17) is 4.74 Å². The van der Waals surface area contributed by atoms with Crippen molar-refractivity contribution in [3.63, 3.8) is 0 Å². The quantitative estimate of drug-likeness (QED) is 0.583. The lowest BCUT2D eigenvalue weighted by Gasteiger charge is -2.29. The molecular weight excluding hydrogens is 409 g/mol. The fourth-order valence-electron chi connectivity index (χ4n) is 3.72. The number of nitrogens with one attached hydrogen (secondary N) is 1. The lowest BCUT2D eigenvalue weighted by Crippen LogP contribution is -2.20. The minimum atomic E-state index is 0.712. The van der Waals surface area contributed by atoms with E-state index in [9.17, 15) is 0 Å². The van der Waals surface area contributed by atoms with E-state index in [-0.39, 0.29) is 0 Å². The van der Waals surface area contributed by atoms with Gasteiger partial charge < -0.3 is 10.1 Å². The van der Waals surface area contributed by atoms with Crippen molar-refractivity contribution in [3.05, 3.63) is 57.2 Å². The van der Waals surface area contributed by atoms with Crippen LogP contribution in [-0.2, 0) is 0 Å². The summed E-state index contributed by atoms with van der Waals surface area (Å²) in [6.45, 7) is 3.23. The number of benzene rings is 2. The molecule has 1 saturated carbocycles. The Hall–Kier alpha value is -1.23. The lowest BCUT2D eigenvalue weighted by atomic mass is 9.78. The number of aryl methyl sites for hydroxylation is 1. The molecule has 0 spiro atoms. The molecule has 0 amide bonds. The molecule has 2 nitrogen and oxygen atoms in total. The summed E-state index contributed by atoms with van der Waals surface area (Å²) in [5, 5.41) is 3.61. The zero-order valence-electron chi connectivity index (χ0n) is 14.5. The van der Waals surface area contributed by atoms with Crippen LogP contribution < -0.4 is 10.1 Å². The Bertz CT molecular complexity index is 677. The first kappa shape index (κ1) is 17.6. The van der Waals surface area contributed by atoms with Gasteiger partial charge in [-0.2, -0.15) is 0 Å². The monoisotopic (exact) mass is 435 g/mol. The highest BCUT2D eigenvalue weighted by Gasteiger charge is 2.22.